The lowest BCUT2D eigenvalue weighted by Crippen LogP contribution is -2.29. The van der Waals surface area contributed by atoms with E-state index in [1.165, 1.54) is 17.5 Å². The van der Waals surface area contributed by atoms with E-state index < -0.39 is 14.6 Å². The Morgan fingerprint density at radius 2 is 2.00 bits per heavy atom. The molecule has 0 fully saturated rings. The molecule has 1 aromatic heterocycles. The molecule has 23 heavy (non-hydrogen) atoms. The highest BCUT2D eigenvalue weighted by Gasteiger charge is 2.29. The minimum Gasteiger partial charge on any atom is -0.321 e. The molecule has 0 aliphatic heterocycles. The second-order valence-electron chi connectivity index (χ2n) is 6.27. The summed E-state index contributed by atoms with van der Waals surface area (Å²) in [4.78, 5) is 16.7. The second kappa shape index (κ2) is 6.41. The lowest BCUT2D eigenvalue weighted by Gasteiger charge is -2.19. The molecule has 0 aliphatic carbocycles. The third-order valence-corrected chi connectivity index (χ3v) is 6.81. The summed E-state index contributed by atoms with van der Waals surface area (Å²) < 4.78 is 23.8. The fourth-order valence-electron chi connectivity index (χ4n) is 1.83. The van der Waals surface area contributed by atoms with E-state index >= 15 is 0 Å². The summed E-state index contributed by atoms with van der Waals surface area (Å²) in [7, 11) is -3.27. The number of amides is 1. The Labute approximate surface area is 140 Å². The molecule has 0 saturated carbocycles. The molecule has 1 amide bonds. The molecule has 2 aromatic rings. The number of hydrogen-bond acceptors (Lipinski definition) is 5. The Hall–Kier alpha value is -1.73. The van der Waals surface area contributed by atoms with Gasteiger partial charge < -0.3 is 5.32 Å². The Morgan fingerprint density at radius 3 is 2.57 bits per heavy atom. The second-order valence-corrected chi connectivity index (χ2v) is 10.2. The van der Waals surface area contributed by atoms with Crippen molar-refractivity contribution in [1.82, 2.24) is 4.98 Å². The summed E-state index contributed by atoms with van der Waals surface area (Å²) in [6.45, 7) is 6.87. The van der Waals surface area contributed by atoms with Gasteiger partial charge in [-0.15, -0.1) is 11.3 Å². The predicted octanol–water partition coefficient (Wildman–Crippen LogP) is 3.42. The quantitative estimate of drug-likeness (QED) is 0.915. The van der Waals surface area contributed by atoms with Gasteiger partial charge in [0.1, 0.15) is 4.88 Å². The van der Waals surface area contributed by atoms with E-state index in [9.17, 15) is 13.2 Å². The number of aromatic nitrogens is 1. The molecule has 5 nitrogen and oxygen atoms in total. The first-order chi connectivity index (χ1) is 10.6. The first-order valence-corrected chi connectivity index (χ1v) is 9.60. The Morgan fingerprint density at radius 1 is 1.30 bits per heavy atom. The van der Waals surface area contributed by atoms with Crippen LogP contribution in [0.3, 0.4) is 0 Å². The van der Waals surface area contributed by atoms with Crippen LogP contribution in [0, 0.1) is 6.92 Å². The highest BCUT2D eigenvalue weighted by atomic mass is 32.2. The standard InChI is InChI=1S/C16H20N2O3S2/c1-11-17-9-14(22-11)15(19)18-13-7-5-6-12(8-13)10-23(20,21)16(2,3)4/h5-9H,10H2,1-4H3,(H,18,19). The van der Waals surface area contributed by atoms with Crippen LogP contribution in [0.1, 0.15) is 41.0 Å². The van der Waals surface area contributed by atoms with Crippen LogP contribution in [0.15, 0.2) is 30.5 Å². The van der Waals surface area contributed by atoms with Crippen molar-refractivity contribution in [3.63, 3.8) is 0 Å². The number of anilines is 1. The van der Waals surface area contributed by atoms with Gasteiger partial charge in [0.2, 0.25) is 0 Å². The molecule has 0 unspecified atom stereocenters. The van der Waals surface area contributed by atoms with Gasteiger partial charge in [0.05, 0.1) is 21.7 Å². The average molecular weight is 352 g/mol. The van der Waals surface area contributed by atoms with Crippen LogP contribution < -0.4 is 5.32 Å². The smallest absolute Gasteiger partial charge is 0.267 e. The molecule has 1 N–H and O–H groups in total. The largest absolute Gasteiger partial charge is 0.321 e. The number of nitrogens with one attached hydrogen (secondary N) is 1. The highest BCUT2D eigenvalue weighted by molar-refractivity contribution is 7.91. The summed E-state index contributed by atoms with van der Waals surface area (Å²) in [6, 6.07) is 6.91. The molecule has 0 atom stereocenters. The number of nitrogens with zero attached hydrogens (tertiary/aromatic N) is 1. The molecule has 1 aromatic carbocycles. The van der Waals surface area contributed by atoms with E-state index in [2.05, 4.69) is 10.3 Å². The SMILES string of the molecule is Cc1ncc(C(=O)Nc2cccc(CS(=O)(=O)C(C)(C)C)c2)s1. The van der Waals surface area contributed by atoms with Crippen LogP contribution in [0.5, 0.6) is 0 Å². The number of carbonyl (C=O) groups excluding carboxylic acids is 1. The summed E-state index contributed by atoms with van der Waals surface area (Å²) in [6.07, 6.45) is 1.53. The fraction of sp³-hybridized carbons (Fsp3) is 0.375. The van der Waals surface area contributed by atoms with E-state index in [-0.39, 0.29) is 11.7 Å². The lowest BCUT2D eigenvalue weighted by atomic mass is 10.2. The van der Waals surface area contributed by atoms with E-state index in [1.54, 1.807) is 45.0 Å². The summed E-state index contributed by atoms with van der Waals surface area (Å²) in [5.74, 6) is -0.300. The number of hydrogen-bond donors (Lipinski definition) is 1. The maximum Gasteiger partial charge on any atom is 0.267 e. The number of aryl methyl sites for hydroxylation is 1. The molecule has 0 aliphatic rings. The van der Waals surface area contributed by atoms with Crippen LogP contribution in [0.4, 0.5) is 5.69 Å². The third-order valence-electron chi connectivity index (χ3n) is 3.32. The molecule has 124 valence electrons. The molecule has 7 heteroatoms. The maximum atomic E-state index is 12.3. The van der Waals surface area contributed by atoms with Gasteiger partial charge >= 0.3 is 0 Å². The molecule has 0 saturated heterocycles. The Bertz CT molecular complexity index is 818. The molecule has 0 spiro atoms. The number of thiazole rings is 1. The molecule has 2 rings (SSSR count). The summed E-state index contributed by atoms with van der Waals surface area (Å²) >= 11 is 1.31. The van der Waals surface area contributed by atoms with Gasteiger partial charge in [0, 0.05) is 5.69 Å². The normalized spacial score (nSPS) is 12.2. The predicted molar refractivity (Wildman–Crippen MR) is 93.6 cm³/mol. The summed E-state index contributed by atoms with van der Waals surface area (Å²) in [5, 5.41) is 3.59. The van der Waals surface area contributed by atoms with Gasteiger partial charge in [-0.25, -0.2) is 13.4 Å². The minimum atomic E-state index is -3.27. The van der Waals surface area contributed by atoms with E-state index in [1.807, 2.05) is 6.92 Å². The monoisotopic (exact) mass is 352 g/mol. The number of rotatable bonds is 4. The molecular formula is C16H20N2O3S2. The first kappa shape index (κ1) is 17.6. The van der Waals surface area contributed by atoms with Gasteiger partial charge in [-0.3, -0.25) is 4.79 Å². The van der Waals surface area contributed by atoms with Gasteiger partial charge in [-0.2, -0.15) is 0 Å². The third kappa shape index (κ3) is 4.39. The van der Waals surface area contributed by atoms with Crippen molar-refractivity contribution < 1.29 is 13.2 Å². The first-order valence-electron chi connectivity index (χ1n) is 7.13. The van der Waals surface area contributed by atoms with E-state index in [0.29, 0.717) is 16.1 Å². The zero-order valence-electron chi connectivity index (χ0n) is 13.6. The topological polar surface area (TPSA) is 76.1 Å². The molecule has 1 heterocycles. The van der Waals surface area contributed by atoms with Crippen molar-refractivity contribution >= 4 is 32.8 Å². The van der Waals surface area contributed by atoms with Gasteiger partial charge in [0.25, 0.3) is 5.91 Å². The van der Waals surface area contributed by atoms with Crippen LogP contribution in [-0.2, 0) is 15.6 Å². The van der Waals surface area contributed by atoms with Crippen LogP contribution >= 0.6 is 11.3 Å². The van der Waals surface area contributed by atoms with Crippen LogP contribution in [0.25, 0.3) is 0 Å². The van der Waals surface area contributed by atoms with E-state index in [4.69, 9.17) is 0 Å². The van der Waals surface area contributed by atoms with Gasteiger partial charge in [-0.05, 0) is 45.4 Å². The van der Waals surface area contributed by atoms with Crippen molar-refractivity contribution in [3.8, 4) is 0 Å². The average Bonchev–Trinajstić information content (AvgIpc) is 2.84. The van der Waals surface area contributed by atoms with Crippen LogP contribution in [-0.4, -0.2) is 24.1 Å². The molecular weight excluding hydrogens is 332 g/mol. The minimum absolute atomic E-state index is 0.0557. The van der Waals surface area contributed by atoms with Crippen molar-refractivity contribution in [2.45, 2.75) is 38.2 Å². The lowest BCUT2D eigenvalue weighted by molar-refractivity contribution is 0.103. The zero-order chi connectivity index (χ0) is 17.3. The highest BCUT2D eigenvalue weighted by Crippen LogP contribution is 2.22. The number of benzene rings is 1. The van der Waals surface area contributed by atoms with Crippen molar-refractivity contribution in [3.05, 3.63) is 45.9 Å². The van der Waals surface area contributed by atoms with Gasteiger partial charge in [-0.1, -0.05) is 12.1 Å². The Balaban J connectivity index is 2.16. The fourth-order valence-corrected chi connectivity index (χ4v) is 3.56. The Kier molecular flexibility index (Phi) is 4.91. The molecule has 0 bridgehead atoms. The number of carbonyl (C=O) groups is 1. The number of sulfone groups is 1. The van der Waals surface area contributed by atoms with Crippen molar-refractivity contribution in [2.75, 3.05) is 5.32 Å². The van der Waals surface area contributed by atoms with E-state index in [0.717, 1.165) is 5.01 Å². The van der Waals surface area contributed by atoms with Crippen molar-refractivity contribution in [2.24, 2.45) is 0 Å². The maximum absolute atomic E-state index is 12.3. The zero-order valence-corrected chi connectivity index (χ0v) is 15.2. The molecule has 0 radical (unpaired) electrons. The van der Waals surface area contributed by atoms with Crippen molar-refractivity contribution in [1.29, 1.82) is 0 Å². The van der Waals surface area contributed by atoms with Gasteiger partial charge in [0.15, 0.2) is 9.84 Å². The summed E-state index contributed by atoms with van der Waals surface area (Å²) in [5.41, 5.74) is 1.22. The van der Waals surface area contributed by atoms with Crippen LogP contribution in [0.2, 0.25) is 0 Å².